The number of hydrogen-bond donors (Lipinski definition) is 0. The molecule has 0 saturated heterocycles. The van der Waals surface area contributed by atoms with Crippen molar-refractivity contribution in [1.29, 1.82) is 0 Å². The average Bonchev–Trinajstić information content (AvgIpc) is 2.02. The van der Waals surface area contributed by atoms with E-state index >= 15 is 0 Å². The fourth-order valence-corrected chi connectivity index (χ4v) is 1.46. The van der Waals surface area contributed by atoms with Gasteiger partial charge >= 0.3 is 0 Å². The number of hydrogen-bond acceptors (Lipinski definition) is 1. The molecule has 0 aliphatic heterocycles. The molecule has 4 N–H and O–H groups in total. The molecule has 4 heteroatoms. The van der Waals surface area contributed by atoms with E-state index in [1.165, 1.54) is 38.5 Å². The second-order valence-corrected chi connectivity index (χ2v) is 3.98. The van der Waals surface area contributed by atoms with Crippen LogP contribution in [0.5, 0.6) is 0 Å². The highest BCUT2D eigenvalue weighted by molar-refractivity contribution is 6.57. The van der Waals surface area contributed by atoms with Crippen molar-refractivity contribution in [1.82, 2.24) is 0 Å². The number of rotatable bonds is 8. The second kappa shape index (κ2) is 15.6. The maximum atomic E-state index is 10.5. The largest absolute Gasteiger partial charge is 0.412 e. The summed E-state index contributed by atoms with van der Waals surface area (Å²) < 4.78 is 0.253. The summed E-state index contributed by atoms with van der Waals surface area (Å²) in [5, 5.41) is 0. The van der Waals surface area contributed by atoms with Crippen LogP contribution in [0.15, 0.2) is 0 Å². The Kier molecular flexibility index (Phi) is 21.9. The zero-order chi connectivity index (χ0) is 9.23. The summed E-state index contributed by atoms with van der Waals surface area (Å²) in [4.78, 5) is 10.5. The molecule has 0 aromatic heterocycles. The van der Waals surface area contributed by atoms with E-state index in [-0.39, 0.29) is 15.6 Å². The molecule has 0 spiro atoms. The first-order chi connectivity index (χ1) is 5.77. The third-order valence-corrected chi connectivity index (χ3v) is 2.32. The number of unbranched alkanes of at least 4 members (excludes halogenated alkanes) is 6. The van der Waals surface area contributed by atoms with Crippen molar-refractivity contribution in [3.63, 3.8) is 0 Å². The van der Waals surface area contributed by atoms with Crippen LogP contribution in [-0.4, -0.2) is 31.9 Å². The minimum atomic E-state index is 0. The summed E-state index contributed by atoms with van der Waals surface area (Å²) >= 11 is 2.23. The van der Waals surface area contributed by atoms with Crippen molar-refractivity contribution >= 4 is 20.9 Å². The maximum absolute atomic E-state index is 10.5. The lowest BCUT2D eigenvalue weighted by Gasteiger charge is -1.99. The third-order valence-electron chi connectivity index (χ3n) is 2.03. The van der Waals surface area contributed by atoms with E-state index in [9.17, 15) is 4.79 Å². The highest BCUT2D eigenvalue weighted by atomic mass is 27.0. The summed E-state index contributed by atoms with van der Waals surface area (Å²) in [6, 6.07) is 0. The highest BCUT2D eigenvalue weighted by Gasteiger charge is 1.92. The van der Waals surface area contributed by atoms with Crippen LogP contribution in [0.4, 0.5) is 0 Å². The van der Waals surface area contributed by atoms with Gasteiger partial charge in [-0.3, -0.25) is 0 Å². The van der Waals surface area contributed by atoms with Crippen LogP contribution in [-0.2, 0) is 4.79 Å². The zero-order valence-electron chi connectivity index (χ0n) is 9.14. The molecule has 2 radical (unpaired) electrons. The third kappa shape index (κ3) is 18.0. The summed E-state index contributed by atoms with van der Waals surface area (Å²) in [7, 11) is 0. The maximum Gasteiger partial charge on any atom is 0.241 e. The minimum Gasteiger partial charge on any atom is -0.412 e. The van der Waals surface area contributed by atoms with Crippen LogP contribution in [0.25, 0.3) is 0 Å². The van der Waals surface area contributed by atoms with Crippen molar-refractivity contribution in [2.75, 3.05) is 0 Å². The van der Waals surface area contributed by atoms with Gasteiger partial charge in [0.25, 0.3) is 0 Å². The van der Waals surface area contributed by atoms with Crippen LogP contribution < -0.4 is 0 Å². The summed E-state index contributed by atoms with van der Waals surface area (Å²) in [5.41, 5.74) is 0. The topological polar surface area (TPSA) is 80.1 Å². The summed E-state index contributed by atoms with van der Waals surface area (Å²) in [6.45, 7) is 2.23. The SMILES string of the molecule is CCCCCCCCC[C](=O)[Al].O.O. The predicted octanol–water partition coefficient (Wildman–Crippen LogP) is 1.17. The molecule has 0 saturated carbocycles. The van der Waals surface area contributed by atoms with E-state index in [2.05, 4.69) is 23.2 Å². The van der Waals surface area contributed by atoms with Crippen LogP contribution in [0.2, 0.25) is 0 Å². The Morgan fingerprint density at radius 1 is 0.929 bits per heavy atom. The van der Waals surface area contributed by atoms with E-state index in [0.29, 0.717) is 0 Å². The minimum absolute atomic E-state index is 0. The first-order valence-corrected chi connectivity index (χ1v) is 5.63. The Balaban J connectivity index is -0.000000605. The predicted molar refractivity (Wildman–Crippen MR) is 60.6 cm³/mol. The molecule has 84 valence electrons. The van der Waals surface area contributed by atoms with Crippen LogP contribution in [0, 0.1) is 0 Å². The second-order valence-electron chi connectivity index (χ2n) is 3.34. The molecule has 0 fully saturated rings. The quantitative estimate of drug-likeness (QED) is 0.445. The molecule has 0 rings (SSSR count). The van der Waals surface area contributed by atoms with E-state index in [0.717, 1.165) is 12.8 Å². The monoisotopic (exact) mass is 218 g/mol. The molecular formula is C10H23AlO3. The Hall–Kier alpha value is 0.122. The molecule has 0 bridgehead atoms. The van der Waals surface area contributed by atoms with Crippen molar-refractivity contribution in [2.24, 2.45) is 0 Å². The van der Waals surface area contributed by atoms with Crippen molar-refractivity contribution in [3.05, 3.63) is 0 Å². The van der Waals surface area contributed by atoms with E-state index in [1.54, 1.807) is 0 Å². The zero-order valence-corrected chi connectivity index (χ0v) is 10.3. The van der Waals surface area contributed by atoms with Crippen molar-refractivity contribution in [3.8, 4) is 0 Å². The molecule has 0 unspecified atom stereocenters. The van der Waals surface area contributed by atoms with Gasteiger partial charge in [-0.1, -0.05) is 45.4 Å². The van der Waals surface area contributed by atoms with E-state index in [1.807, 2.05) is 0 Å². The number of carbonyl (C=O) groups excluding carboxylic acids is 1. The molecule has 0 amide bonds. The normalized spacial score (nSPS) is 8.64. The van der Waals surface area contributed by atoms with E-state index in [4.69, 9.17) is 0 Å². The van der Waals surface area contributed by atoms with Gasteiger partial charge in [0.05, 0.1) is 0 Å². The van der Waals surface area contributed by atoms with Gasteiger partial charge in [0.1, 0.15) is 0 Å². The molecule has 0 aromatic rings. The van der Waals surface area contributed by atoms with Gasteiger partial charge in [0.2, 0.25) is 16.3 Å². The molecule has 0 heterocycles. The fraction of sp³-hybridized carbons (Fsp3) is 0.900. The van der Waals surface area contributed by atoms with Gasteiger partial charge in [-0.25, -0.2) is 0 Å². The lowest BCUT2D eigenvalue weighted by molar-refractivity contribution is -0.111. The van der Waals surface area contributed by atoms with Gasteiger partial charge in [-0.15, -0.1) is 0 Å². The van der Waals surface area contributed by atoms with Crippen molar-refractivity contribution < 1.29 is 15.7 Å². The first-order valence-electron chi connectivity index (χ1n) is 5.05. The standard InChI is InChI=1S/C10H19O.Al.2H2O/c1-2-3-4-5-6-7-8-9-10-11;;;/h2-9H2,1H3;;2*1H2. The van der Waals surface area contributed by atoms with Gasteiger partial charge < -0.3 is 15.7 Å². The first kappa shape index (κ1) is 19.7. The molecule has 0 aliphatic rings. The van der Waals surface area contributed by atoms with Gasteiger partial charge in [-0.05, 0) is 12.8 Å². The van der Waals surface area contributed by atoms with Gasteiger partial charge in [0.15, 0.2) is 0 Å². The molecule has 0 aliphatic carbocycles. The van der Waals surface area contributed by atoms with Crippen LogP contribution >= 0.6 is 0 Å². The molecule has 14 heavy (non-hydrogen) atoms. The lowest BCUT2D eigenvalue weighted by atomic mass is 10.1. The smallest absolute Gasteiger partial charge is 0.241 e. The Morgan fingerprint density at radius 3 is 1.79 bits per heavy atom. The Bertz CT molecular complexity index is 118. The van der Waals surface area contributed by atoms with Gasteiger partial charge in [0, 0.05) is 4.65 Å². The van der Waals surface area contributed by atoms with Crippen LogP contribution in [0.3, 0.4) is 0 Å². The van der Waals surface area contributed by atoms with Crippen molar-refractivity contribution in [2.45, 2.75) is 58.3 Å². The molecule has 0 atom stereocenters. The average molecular weight is 218 g/mol. The number of carbonyl (C=O) groups is 1. The molecule has 3 nitrogen and oxygen atoms in total. The fourth-order valence-electron chi connectivity index (χ4n) is 1.26. The lowest BCUT2D eigenvalue weighted by Crippen LogP contribution is -1.94. The van der Waals surface area contributed by atoms with E-state index < -0.39 is 0 Å². The Labute approximate surface area is 95.3 Å². The Morgan fingerprint density at radius 2 is 1.36 bits per heavy atom. The summed E-state index contributed by atoms with van der Waals surface area (Å²) in [5.74, 6) is 0. The van der Waals surface area contributed by atoms with Crippen LogP contribution in [0.1, 0.15) is 58.3 Å². The molecular weight excluding hydrogens is 195 g/mol. The van der Waals surface area contributed by atoms with Gasteiger partial charge in [-0.2, -0.15) is 0 Å². The highest BCUT2D eigenvalue weighted by Crippen LogP contribution is 2.07. The molecule has 0 aromatic carbocycles. The summed E-state index contributed by atoms with van der Waals surface area (Å²) in [6.07, 6.45) is 9.74.